The number of nitrogens with one attached hydrogen (secondary N) is 3. The van der Waals surface area contributed by atoms with E-state index in [1.165, 1.54) is 73.4 Å². The number of nitriles is 1. The molecule has 0 aliphatic carbocycles. The summed E-state index contributed by atoms with van der Waals surface area (Å²) >= 11 is 0. The van der Waals surface area contributed by atoms with Gasteiger partial charge in [-0.3, -0.25) is 39.4 Å². The number of carbonyl (C=O) groups is 4. The number of nitrogens with two attached hydrogens (primary N) is 2. The van der Waals surface area contributed by atoms with Crippen LogP contribution in [0.2, 0.25) is 0 Å². The molecule has 614 valence electrons. The first-order valence-electron chi connectivity index (χ1n) is 35.5. The number of aldehydes is 1. The van der Waals surface area contributed by atoms with Gasteiger partial charge in [0.25, 0.3) is 11.4 Å². The second-order valence-electron chi connectivity index (χ2n) is 25.4. The number of aliphatic hydroxyl groups excluding tert-OH is 1. The summed E-state index contributed by atoms with van der Waals surface area (Å²) in [7, 11) is 5.81. The molecule has 13 aromatic rings. The van der Waals surface area contributed by atoms with Crippen molar-refractivity contribution in [1.82, 2.24) is 29.8 Å². The van der Waals surface area contributed by atoms with Crippen molar-refractivity contribution in [3.05, 3.63) is 294 Å². The molecule has 8 aromatic carbocycles. The van der Waals surface area contributed by atoms with Crippen LogP contribution in [0.5, 0.6) is 5.75 Å². The van der Waals surface area contributed by atoms with Gasteiger partial charge < -0.3 is 42.2 Å². The number of methoxy groups -OCH3 is 1. The fourth-order valence-electron chi connectivity index (χ4n) is 10.6. The van der Waals surface area contributed by atoms with Gasteiger partial charge in [0.15, 0.2) is 6.29 Å². The first kappa shape index (κ1) is 98.0. The second kappa shape index (κ2) is 53.0. The summed E-state index contributed by atoms with van der Waals surface area (Å²) in [6.07, 6.45) is 6.18. The Balaban J connectivity index is 0.000000357. The number of nitrogens with zero attached hydrogens (tertiary/aromatic N) is 9. The number of aryl methyl sites for hydroxylation is 6. The van der Waals surface area contributed by atoms with Crippen molar-refractivity contribution in [2.24, 2.45) is 0 Å². The summed E-state index contributed by atoms with van der Waals surface area (Å²) < 4.78 is 5.12. The molecular formula is C88H84N14O18. The number of hydrogen-bond donors (Lipinski definition) is 6. The Labute approximate surface area is 687 Å². The van der Waals surface area contributed by atoms with Crippen LogP contribution in [0.4, 0.5) is 40.5 Å². The van der Waals surface area contributed by atoms with Gasteiger partial charge in [-0.2, -0.15) is 43.6 Å². The number of ether oxygens (including phenoxy) is 1. The largest absolute Gasteiger partial charge is 0.497 e. The Bertz CT molecular complexity index is 5730. The van der Waals surface area contributed by atoms with E-state index < -0.39 is 9.85 Å². The van der Waals surface area contributed by atoms with Crippen LogP contribution in [-0.4, -0.2) is 115 Å². The molecule has 5 aromatic heterocycles. The fraction of sp³-hybridized carbons (Fsp3) is 0.159. The number of anilines is 5. The van der Waals surface area contributed by atoms with Crippen molar-refractivity contribution in [2.75, 3.05) is 48.6 Å². The lowest BCUT2D eigenvalue weighted by Crippen LogP contribution is -2.10. The Hall–Kier alpha value is -16.2. The highest BCUT2D eigenvalue weighted by Crippen LogP contribution is 2.25. The van der Waals surface area contributed by atoms with E-state index in [1.807, 2.05) is 111 Å². The number of benzene rings is 8. The Morgan fingerprint density at radius 3 is 1.20 bits per heavy atom. The third-order valence-electron chi connectivity index (χ3n) is 15.7. The number of pyridine rings is 5. The van der Waals surface area contributed by atoms with Crippen LogP contribution in [0.1, 0.15) is 81.2 Å². The molecule has 3 amide bonds. The third-order valence-corrected chi connectivity index (χ3v) is 15.7. The molecule has 32 nitrogen and oxygen atoms in total. The maximum Gasteiger partial charge on any atom is 0.373 e. The van der Waals surface area contributed by atoms with Crippen molar-refractivity contribution in [3.8, 4) is 11.8 Å². The number of carbonyl (C=O) groups excluding carboxylic acids is 12. The number of aromatic nitrogens is 5. The number of rotatable bonds is 14. The zero-order valence-corrected chi connectivity index (χ0v) is 66.8. The maximum atomic E-state index is 10.9. The van der Waals surface area contributed by atoms with Crippen molar-refractivity contribution < 1.29 is 77.2 Å². The van der Waals surface area contributed by atoms with Crippen molar-refractivity contribution in [2.45, 2.75) is 74.5 Å². The highest BCUT2D eigenvalue weighted by atomic mass is 16.6. The number of nitrogen functional groups attached to an aromatic ring is 2. The van der Waals surface area contributed by atoms with Gasteiger partial charge >= 0.3 is 24.6 Å². The number of aliphatic hydroxyl groups is 1. The molecule has 32 heteroatoms. The molecule has 0 fully saturated rings. The Morgan fingerprint density at radius 1 is 0.458 bits per heavy atom. The average molecular weight is 1630 g/mol. The summed E-state index contributed by atoms with van der Waals surface area (Å²) in [5.74, 6) is 3.19. The van der Waals surface area contributed by atoms with Crippen LogP contribution in [-0.2, 0) is 78.7 Å². The molecule has 8 N–H and O–H groups in total. The Morgan fingerprint density at radius 2 is 0.792 bits per heavy atom. The number of nitro benzene ring substituents is 2. The van der Waals surface area contributed by atoms with Gasteiger partial charge in [0.05, 0.1) is 68.3 Å². The van der Waals surface area contributed by atoms with Gasteiger partial charge in [0, 0.05) is 78.5 Å². The predicted octanol–water partition coefficient (Wildman–Crippen LogP) is 14.0. The van der Waals surface area contributed by atoms with Crippen LogP contribution in [0.15, 0.2) is 218 Å². The summed E-state index contributed by atoms with van der Waals surface area (Å²) in [5, 5.41) is 51.6. The van der Waals surface area contributed by atoms with E-state index in [9.17, 15) is 39.4 Å². The average Bonchev–Trinajstić information content (AvgIpc) is 0.841. The molecule has 13 rings (SSSR count). The summed E-state index contributed by atoms with van der Waals surface area (Å²) in [4.78, 5) is 152. The Kier molecular flexibility index (Phi) is 43.2. The number of hydrogen-bond acceptors (Lipinski definition) is 27. The third kappa shape index (κ3) is 36.3. The van der Waals surface area contributed by atoms with Gasteiger partial charge in [-0.05, 0) is 214 Å². The lowest BCUT2D eigenvalue weighted by Gasteiger charge is -2.11. The first-order valence-corrected chi connectivity index (χ1v) is 35.5. The molecule has 0 radical (unpaired) electrons. The van der Waals surface area contributed by atoms with Crippen molar-refractivity contribution in [3.63, 3.8) is 0 Å². The molecule has 0 atom stereocenters. The lowest BCUT2D eigenvalue weighted by molar-refractivity contribution is -0.385. The quantitative estimate of drug-likeness (QED) is 0.0255. The van der Waals surface area contributed by atoms with Crippen LogP contribution in [0, 0.1) is 59.3 Å². The van der Waals surface area contributed by atoms with Gasteiger partial charge in [0.1, 0.15) is 34.8 Å². The molecule has 0 unspecified atom stereocenters. The highest BCUT2D eigenvalue weighted by molar-refractivity contribution is 5.92. The topological polar surface area (TPSA) is 500 Å². The summed E-state index contributed by atoms with van der Waals surface area (Å²) in [6, 6.07) is 68.6. The van der Waals surface area contributed by atoms with E-state index in [4.69, 9.17) is 64.9 Å². The number of amides is 3. The minimum absolute atomic E-state index is 0.0119. The van der Waals surface area contributed by atoms with Gasteiger partial charge in [-0.25, -0.2) is 24.9 Å². The van der Waals surface area contributed by atoms with E-state index in [0.717, 1.165) is 102 Å². The number of nitro groups is 2. The van der Waals surface area contributed by atoms with Crippen molar-refractivity contribution in [1.29, 1.82) is 5.26 Å². The molecule has 0 saturated carbocycles. The van der Waals surface area contributed by atoms with Crippen molar-refractivity contribution >= 4 is 150 Å². The van der Waals surface area contributed by atoms with E-state index in [1.54, 1.807) is 69.5 Å². The monoisotopic (exact) mass is 1620 g/mol. The number of fused-ring (bicyclic) bond motifs is 5. The van der Waals surface area contributed by atoms with E-state index in [2.05, 4.69) is 114 Å². The molecule has 0 aliphatic heterocycles. The van der Waals surface area contributed by atoms with Gasteiger partial charge in [0.2, 0.25) is 17.7 Å². The van der Waals surface area contributed by atoms with E-state index in [0.29, 0.717) is 40.9 Å². The smallest absolute Gasteiger partial charge is 0.373 e. The summed E-state index contributed by atoms with van der Waals surface area (Å²) in [6.45, 7) is 12.9. The number of allylic oxidation sites excluding steroid dienone is 1. The molecule has 5 heterocycles. The second-order valence-corrected chi connectivity index (χ2v) is 25.4. The molecule has 0 bridgehead atoms. The first-order chi connectivity index (χ1) is 57.3. The normalized spacial score (nSPS) is 9.59. The van der Waals surface area contributed by atoms with Gasteiger partial charge in [-0.15, -0.1) is 0 Å². The predicted molar refractivity (Wildman–Crippen MR) is 449 cm³/mol. The zero-order valence-electron chi connectivity index (χ0n) is 66.8. The van der Waals surface area contributed by atoms with Gasteiger partial charge in [-0.1, -0.05) is 84.9 Å². The van der Waals surface area contributed by atoms with E-state index in [-0.39, 0.29) is 65.9 Å². The summed E-state index contributed by atoms with van der Waals surface area (Å²) in [5.41, 5.74) is 25.0. The SMILES string of the molecule is CC(=O)Nc1ccc2ccc(C)cc2n1.CC(=O)Nc1ccc2ccc(CO)cc2n1.CN(C)Cc1cccc(CCc2ccc3ccc(N)nc3c2)c1.COc1ccc2ccc(NC(C)=O)nc2c1.Cc1ccc(/C=C\C#N)c([N+](=O)[O-])c1.Cc1ccc(C=O)c([N+](=O)[O-])c1.Cc1ccc2ccc(N)nc2c1.O=C=O.O=C=O.O=C=O.O=C=O. The molecule has 0 saturated heterocycles. The zero-order chi connectivity index (χ0) is 89.2. The van der Waals surface area contributed by atoms with Crippen LogP contribution >= 0.6 is 0 Å². The molecular weight excluding hydrogens is 1540 g/mol. The van der Waals surface area contributed by atoms with Crippen LogP contribution < -0.4 is 32.2 Å². The minimum Gasteiger partial charge on any atom is -0.497 e. The highest BCUT2D eigenvalue weighted by Gasteiger charge is 2.14. The molecule has 0 spiro atoms. The fourth-order valence-corrected chi connectivity index (χ4v) is 10.6. The van der Waals surface area contributed by atoms with Crippen LogP contribution in [0.25, 0.3) is 60.6 Å². The lowest BCUT2D eigenvalue weighted by atomic mass is 10.0. The molecule has 120 heavy (non-hydrogen) atoms. The van der Waals surface area contributed by atoms with Crippen LogP contribution in [0.3, 0.4) is 0 Å². The minimum atomic E-state index is -0.559. The standard InChI is InChI=1S/C20H23N3.2C12H12N2O2.C12H12N2O.C10H8N2O2.C10H10N2.C8H7NO3.4CO2/c1-23(2)14-17-5-3-4-15(12-17)6-7-16-8-9-18-10-11-20(21)22-19(18)13-16;1-8(15)13-12-6-4-9-3-5-10(16-2)7-11(9)14-12;1-8(16)13-12-5-4-10-3-2-9(7-15)6-11(10)14-12;1-8-3-4-10-5-6-12(13-9(2)15)14-11(10)7-8;1-8-4-5-9(3-2-6-11)10(7-8)12(13)14;1-7-2-3-8-4-5-10(11)12-9(8)6-7;1-6-2-3-7(5-10)8(4-6)9(11)12;4*2-1-3/h3-5,8-13H,6-7,14H2,1-2H3,(H2,21,22);3-7H,1-2H3,(H,13,14,15);2-6,15H,7H2,1H3,(H,13,14,16);3-7H,1-2H3,(H,13,14,15);2-5,7H,1H3;2-6H,1H3,(H2,11,12);2-5H,1H3;;;;/b;;;;3-2-;;;;;;. The van der Waals surface area contributed by atoms with E-state index >= 15 is 0 Å². The maximum absolute atomic E-state index is 10.9. The molecule has 0 aliphatic rings.